The first kappa shape index (κ1) is 18.0. The van der Waals surface area contributed by atoms with Crippen molar-refractivity contribution in [1.29, 1.82) is 0 Å². The molecule has 0 amide bonds. The molecule has 1 saturated heterocycles. The molecular formula is C12H26NO3PS2. The highest BCUT2D eigenvalue weighted by molar-refractivity contribution is 8.76. The second-order valence-electron chi connectivity index (χ2n) is 5.03. The lowest BCUT2D eigenvalue weighted by atomic mass is 10.2. The maximum absolute atomic E-state index is 10.4. The molecule has 1 aliphatic heterocycles. The summed E-state index contributed by atoms with van der Waals surface area (Å²) in [6, 6.07) is 0.541. The van der Waals surface area contributed by atoms with Crippen LogP contribution in [-0.4, -0.2) is 52.0 Å². The minimum absolute atomic E-state index is 0.0117. The Morgan fingerprint density at radius 2 is 1.68 bits per heavy atom. The summed E-state index contributed by atoms with van der Waals surface area (Å²) in [5.74, 6) is 1.80. The SMILES string of the molecule is CCO[C@@H]1CSSC[C@H]1OP(O)N(C(C)C)C(C)C. The molecule has 7 heteroatoms. The van der Waals surface area contributed by atoms with Crippen molar-refractivity contribution in [2.75, 3.05) is 18.1 Å². The Kier molecular flexibility index (Phi) is 8.61. The van der Waals surface area contributed by atoms with Crippen LogP contribution < -0.4 is 0 Å². The van der Waals surface area contributed by atoms with Crippen LogP contribution in [-0.2, 0) is 9.26 Å². The third-order valence-corrected chi connectivity index (χ3v) is 7.02. The van der Waals surface area contributed by atoms with E-state index in [4.69, 9.17) is 9.26 Å². The maximum atomic E-state index is 10.4. The van der Waals surface area contributed by atoms with E-state index in [1.54, 1.807) is 10.8 Å². The molecule has 0 aromatic heterocycles. The quantitative estimate of drug-likeness (QED) is 0.570. The Morgan fingerprint density at radius 3 is 2.16 bits per heavy atom. The summed E-state index contributed by atoms with van der Waals surface area (Å²) in [6.45, 7) is 11.0. The highest BCUT2D eigenvalue weighted by Gasteiger charge is 2.33. The van der Waals surface area contributed by atoms with E-state index in [9.17, 15) is 4.89 Å². The molecule has 4 nitrogen and oxygen atoms in total. The average molecular weight is 327 g/mol. The lowest BCUT2D eigenvalue weighted by Crippen LogP contribution is -2.40. The fourth-order valence-corrected chi connectivity index (χ4v) is 5.97. The van der Waals surface area contributed by atoms with E-state index < -0.39 is 8.53 Å². The number of hydrogen-bond donors (Lipinski definition) is 1. The molecule has 1 N–H and O–H groups in total. The Hall–Kier alpha value is 0.970. The van der Waals surface area contributed by atoms with Crippen LogP contribution in [0.1, 0.15) is 34.6 Å². The van der Waals surface area contributed by atoms with Crippen LogP contribution in [0.4, 0.5) is 0 Å². The van der Waals surface area contributed by atoms with Crippen molar-refractivity contribution in [3.8, 4) is 0 Å². The first-order chi connectivity index (χ1) is 8.97. The van der Waals surface area contributed by atoms with E-state index in [0.29, 0.717) is 6.61 Å². The molecule has 0 aromatic carbocycles. The van der Waals surface area contributed by atoms with E-state index >= 15 is 0 Å². The summed E-state index contributed by atoms with van der Waals surface area (Å²) in [6.07, 6.45) is 0.0804. The van der Waals surface area contributed by atoms with Gasteiger partial charge in [-0.2, -0.15) is 0 Å². The van der Waals surface area contributed by atoms with Gasteiger partial charge in [0, 0.05) is 30.2 Å². The van der Waals surface area contributed by atoms with E-state index in [2.05, 4.69) is 27.7 Å². The van der Waals surface area contributed by atoms with Crippen molar-refractivity contribution < 1.29 is 14.2 Å². The van der Waals surface area contributed by atoms with Gasteiger partial charge in [0.2, 0.25) is 0 Å². The smallest absolute Gasteiger partial charge is 0.256 e. The predicted octanol–water partition coefficient (Wildman–Crippen LogP) is 3.51. The third kappa shape index (κ3) is 5.70. The van der Waals surface area contributed by atoms with Crippen LogP contribution in [0, 0.1) is 0 Å². The summed E-state index contributed by atoms with van der Waals surface area (Å²) in [5.41, 5.74) is 0. The minimum atomic E-state index is -1.55. The number of rotatable bonds is 7. The van der Waals surface area contributed by atoms with Crippen LogP contribution in [0.3, 0.4) is 0 Å². The van der Waals surface area contributed by atoms with Gasteiger partial charge in [-0.3, -0.25) is 0 Å². The molecule has 0 saturated carbocycles. The third-order valence-electron chi connectivity index (χ3n) is 2.83. The lowest BCUT2D eigenvalue weighted by Gasteiger charge is -2.37. The standard InChI is InChI=1S/C12H26NO3PS2/c1-6-15-11-7-18-19-8-12(11)16-17(14)13(9(2)3)10(4)5/h9-12,14H,6-8H2,1-5H3/t11-,12-,17?/m1/s1. The van der Waals surface area contributed by atoms with Gasteiger partial charge in [0.15, 0.2) is 0 Å². The molecule has 3 atom stereocenters. The normalized spacial score (nSPS) is 26.4. The van der Waals surface area contributed by atoms with Crippen molar-refractivity contribution in [1.82, 2.24) is 4.67 Å². The van der Waals surface area contributed by atoms with Crippen LogP contribution in [0.5, 0.6) is 0 Å². The van der Waals surface area contributed by atoms with Crippen molar-refractivity contribution in [2.45, 2.75) is 58.9 Å². The largest absolute Gasteiger partial charge is 0.375 e. The zero-order chi connectivity index (χ0) is 14.4. The Morgan fingerprint density at radius 1 is 1.16 bits per heavy atom. The topological polar surface area (TPSA) is 41.9 Å². The Labute approximate surface area is 126 Å². The van der Waals surface area contributed by atoms with Crippen LogP contribution in [0.15, 0.2) is 0 Å². The molecule has 1 fully saturated rings. The summed E-state index contributed by atoms with van der Waals surface area (Å²) in [7, 11) is 2.06. The van der Waals surface area contributed by atoms with Crippen molar-refractivity contribution >= 4 is 30.1 Å². The first-order valence-corrected chi connectivity index (χ1v) is 10.4. The van der Waals surface area contributed by atoms with Gasteiger partial charge in [-0.25, -0.2) is 4.67 Å². The number of ether oxygens (including phenoxy) is 1. The summed E-state index contributed by atoms with van der Waals surface area (Å²) < 4.78 is 13.7. The Bertz CT molecular complexity index is 249. The van der Waals surface area contributed by atoms with Crippen LogP contribution in [0.25, 0.3) is 0 Å². The van der Waals surface area contributed by atoms with Crippen molar-refractivity contribution in [3.05, 3.63) is 0 Å². The molecule has 0 radical (unpaired) electrons. The minimum Gasteiger partial charge on any atom is -0.375 e. The molecule has 19 heavy (non-hydrogen) atoms. The van der Waals surface area contributed by atoms with Crippen LogP contribution >= 0.6 is 30.1 Å². The van der Waals surface area contributed by atoms with Gasteiger partial charge in [0.25, 0.3) is 8.53 Å². The summed E-state index contributed by atoms with van der Waals surface area (Å²) in [5, 5.41) is 0. The summed E-state index contributed by atoms with van der Waals surface area (Å²) >= 11 is 0. The van der Waals surface area contributed by atoms with Gasteiger partial charge in [-0.05, 0) is 34.6 Å². The second-order valence-corrected chi connectivity index (χ2v) is 8.76. The highest BCUT2D eigenvalue weighted by Crippen LogP contribution is 2.45. The average Bonchev–Trinajstić information content (AvgIpc) is 2.30. The zero-order valence-electron chi connectivity index (χ0n) is 12.4. The van der Waals surface area contributed by atoms with Gasteiger partial charge in [0.1, 0.15) is 6.10 Å². The molecule has 1 unspecified atom stereocenters. The molecule has 0 aromatic rings. The van der Waals surface area contributed by atoms with Gasteiger partial charge in [-0.15, -0.1) is 0 Å². The molecule has 1 rings (SSSR count). The molecule has 1 heterocycles. The summed E-state index contributed by atoms with van der Waals surface area (Å²) in [4.78, 5) is 10.4. The Balaban J connectivity index is 2.59. The molecular weight excluding hydrogens is 301 g/mol. The molecule has 0 aliphatic carbocycles. The van der Waals surface area contributed by atoms with E-state index in [0.717, 1.165) is 11.5 Å². The van der Waals surface area contributed by atoms with Crippen LogP contribution in [0.2, 0.25) is 0 Å². The fraction of sp³-hybridized carbons (Fsp3) is 1.00. The van der Waals surface area contributed by atoms with Gasteiger partial charge in [0.05, 0.1) is 6.10 Å². The molecule has 1 aliphatic rings. The lowest BCUT2D eigenvalue weighted by molar-refractivity contribution is -0.00121. The predicted molar refractivity (Wildman–Crippen MR) is 86.5 cm³/mol. The monoisotopic (exact) mass is 327 g/mol. The number of nitrogens with zero attached hydrogens (tertiary/aromatic N) is 1. The molecule has 0 bridgehead atoms. The maximum Gasteiger partial charge on any atom is 0.256 e. The second kappa shape index (κ2) is 9.08. The zero-order valence-corrected chi connectivity index (χ0v) is 14.9. The highest BCUT2D eigenvalue weighted by atomic mass is 33.1. The van der Waals surface area contributed by atoms with Crippen molar-refractivity contribution in [3.63, 3.8) is 0 Å². The molecule has 114 valence electrons. The van der Waals surface area contributed by atoms with Gasteiger partial charge in [-0.1, -0.05) is 21.6 Å². The fourth-order valence-electron chi connectivity index (χ4n) is 2.08. The number of hydrogen-bond acceptors (Lipinski definition) is 6. The van der Waals surface area contributed by atoms with Crippen molar-refractivity contribution in [2.24, 2.45) is 0 Å². The van der Waals surface area contributed by atoms with E-state index in [-0.39, 0.29) is 24.3 Å². The van der Waals surface area contributed by atoms with Gasteiger partial charge < -0.3 is 14.2 Å². The van der Waals surface area contributed by atoms with Gasteiger partial charge >= 0.3 is 0 Å². The van der Waals surface area contributed by atoms with E-state index in [1.165, 1.54) is 0 Å². The first-order valence-electron chi connectivity index (χ1n) is 6.77. The molecule has 0 spiro atoms. The van der Waals surface area contributed by atoms with E-state index in [1.807, 2.05) is 22.4 Å².